The van der Waals surface area contributed by atoms with E-state index in [9.17, 15) is 14.4 Å². The summed E-state index contributed by atoms with van der Waals surface area (Å²) in [6.45, 7) is 0.591. The van der Waals surface area contributed by atoms with Crippen LogP contribution in [0.4, 0.5) is 0 Å². The van der Waals surface area contributed by atoms with E-state index in [1.165, 1.54) is 12.0 Å². The number of aromatic nitrogens is 1. The summed E-state index contributed by atoms with van der Waals surface area (Å²) in [4.78, 5) is 37.7. The van der Waals surface area contributed by atoms with Gasteiger partial charge in [0.1, 0.15) is 6.04 Å². The van der Waals surface area contributed by atoms with Crippen molar-refractivity contribution in [2.75, 3.05) is 20.2 Å². The Labute approximate surface area is 150 Å². The Morgan fingerprint density at radius 2 is 2.12 bits per heavy atom. The lowest BCUT2D eigenvalue weighted by Gasteiger charge is -2.33. The molecule has 0 aliphatic carbocycles. The summed E-state index contributed by atoms with van der Waals surface area (Å²) in [6.07, 6.45) is 0.322. The molecular weight excluding hydrogens is 338 g/mol. The highest BCUT2D eigenvalue weighted by molar-refractivity contribution is 5.97. The zero-order valence-electron chi connectivity index (χ0n) is 14.3. The van der Waals surface area contributed by atoms with Crippen LogP contribution in [0.5, 0.6) is 0 Å². The van der Waals surface area contributed by atoms with Gasteiger partial charge in [0.15, 0.2) is 0 Å². The first-order valence-electron chi connectivity index (χ1n) is 8.23. The van der Waals surface area contributed by atoms with Gasteiger partial charge in [0.25, 0.3) is 5.91 Å². The standard InChI is InChI=1S/C18H19N3O5/c1-25-16(22)11-14-17(23)19-7-8-21(14)18(24)15-10-13(20-26-15)9-12-5-3-2-4-6-12/h2-6,10,14H,7-9,11H2,1H3,(H,19,23)/t14-/m1/s1. The van der Waals surface area contributed by atoms with Gasteiger partial charge in [0, 0.05) is 25.6 Å². The van der Waals surface area contributed by atoms with Crippen LogP contribution in [0, 0.1) is 0 Å². The third kappa shape index (κ3) is 3.90. The van der Waals surface area contributed by atoms with Crippen molar-refractivity contribution >= 4 is 17.8 Å². The van der Waals surface area contributed by atoms with Gasteiger partial charge in [-0.2, -0.15) is 0 Å². The van der Waals surface area contributed by atoms with Gasteiger partial charge in [0.2, 0.25) is 11.7 Å². The number of piperazine rings is 1. The highest BCUT2D eigenvalue weighted by Gasteiger charge is 2.36. The van der Waals surface area contributed by atoms with Gasteiger partial charge in [-0.25, -0.2) is 0 Å². The van der Waals surface area contributed by atoms with Crippen LogP contribution in [0.3, 0.4) is 0 Å². The normalized spacial score (nSPS) is 16.9. The van der Waals surface area contributed by atoms with E-state index >= 15 is 0 Å². The summed E-state index contributed by atoms with van der Waals surface area (Å²) < 4.78 is 9.79. The Bertz CT molecular complexity index is 802. The fraction of sp³-hybridized carbons (Fsp3) is 0.333. The van der Waals surface area contributed by atoms with Gasteiger partial charge in [-0.05, 0) is 5.56 Å². The lowest BCUT2D eigenvalue weighted by molar-refractivity contribution is -0.145. The molecule has 2 heterocycles. The molecule has 0 bridgehead atoms. The second-order valence-corrected chi connectivity index (χ2v) is 5.93. The molecule has 1 fully saturated rings. The largest absolute Gasteiger partial charge is 0.469 e. The Kier molecular flexibility index (Phi) is 5.31. The Balaban J connectivity index is 1.74. The van der Waals surface area contributed by atoms with Crippen LogP contribution in [-0.4, -0.2) is 54.1 Å². The summed E-state index contributed by atoms with van der Waals surface area (Å²) in [5, 5.41) is 6.58. The lowest BCUT2D eigenvalue weighted by Crippen LogP contribution is -2.57. The molecular formula is C18H19N3O5. The molecule has 3 rings (SSSR count). The van der Waals surface area contributed by atoms with Crippen molar-refractivity contribution in [3.05, 3.63) is 53.4 Å². The third-order valence-corrected chi connectivity index (χ3v) is 4.18. The van der Waals surface area contributed by atoms with Crippen molar-refractivity contribution in [2.45, 2.75) is 18.9 Å². The number of ether oxygens (including phenoxy) is 1. The number of esters is 1. The molecule has 2 aromatic rings. The molecule has 1 aromatic heterocycles. The number of hydrogen-bond acceptors (Lipinski definition) is 6. The monoisotopic (exact) mass is 357 g/mol. The van der Waals surface area contributed by atoms with Gasteiger partial charge in [-0.3, -0.25) is 14.4 Å². The molecule has 0 unspecified atom stereocenters. The van der Waals surface area contributed by atoms with Crippen molar-refractivity contribution in [1.29, 1.82) is 0 Å². The maximum absolute atomic E-state index is 12.8. The Hall–Kier alpha value is -3.16. The van der Waals surface area contributed by atoms with Gasteiger partial charge in [0.05, 0.1) is 19.2 Å². The van der Waals surface area contributed by atoms with Crippen LogP contribution in [-0.2, 0) is 20.7 Å². The molecule has 1 aliphatic rings. The van der Waals surface area contributed by atoms with Crippen molar-refractivity contribution in [2.24, 2.45) is 0 Å². The molecule has 2 amide bonds. The predicted octanol–water partition coefficient (Wildman–Crippen LogP) is 0.769. The molecule has 0 saturated carbocycles. The zero-order chi connectivity index (χ0) is 18.5. The summed E-state index contributed by atoms with van der Waals surface area (Å²) in [5.74, 6) is -1.38. The summed E-state index contributed by atoms with van der Waals surface area (Å²) in [5.41, 5.74) is 1.66. The number of amides is 2. The van der Waals surface area contributed by atoms with E-state index in [1.807, 2.05) is 30.3 Å². The number of nitrogens with zero attached hydrogens (tertiary/aromatic N) is 2. The molecule has 136 valence electrons. The number of nitrogens with one attached hydrogen (secondary N) is 1. The zero-order valence-corrected chi connectivity index (χ0v) is 14.3. The molecule has 1 N–H and O–H groups in total. The van der Waals surface area contributed by atoms with Gasteiger partial charge < -0.3 is 19.5 Å². The number of rotatable bonds is 5. The topological polar surface area (TPSA) is 102 Å². The molecule has 0 spiro atoms. The smallest absolute Gasteiger partial charge is 0.308 e. The number of hydrogen-bond donors (Lipinski definition) is 1. The van der Waals surface area contributed by atoms with E-state index in [0.717, 1.165) is 5.56 Å². The van der Waals surface area contributed by atoms with Crippen molar-refractivity contribution in [1.82, 2.24) is 15.4 Å². The third-order valence-electron chi connectivity index (χ3n) is 4.18. The molecule has 1 aromatic carbocycles. The molecule has 8 nitrogen and oxygen atoms in total. The maximum atomic E-state index is 12.8. The van der Waals surface area contributed by atoms with E-state index in [-0.39, 0.29) is 24.6 Å². The first kappa shape index (κ1) is 17.7. The first-order chi connectivity index (χ1) is 12.6. The van der Waals surface area contributed by atoms with Crippen LogP contribution < -0.4 is 5.32 Å². The van der Waals surface area contributed by atoms with Crippen LogP contribution in [0.1, 0.15) is 28.2 Å². The van der Waals surface area contributed by atoms with E-state index < -0.39 is 17.9 Å². The van der Waals surface area contributed by atoms with Crippen molar-refractivity contribution in [3.8, 4) is 0 Å². The fourth-order valence-electron chi connectivity index (χ4n) is 2.84. The quantitative estimate of drug-likeness (QED) is 0.793. The lowest BCUT2D eigenvalue weighted by atomic mass is 10.1. The highest BCUT2D eigenvalue weighted by Crippen LogP contribution is 2.17. The Morgan fingerprint density at radius 1 is 1.35 bits per heavy atom. The summed E-state index contributed by atoms with van der Waals surface area (Å²) >= 11 is 0. The van der Waals surface area contributed by atoms with E-state index in [4.69, 9.17) is 4.52 Å². The van der Waals surface area contributed by atoms with Gasteiger partial charge in [-0.1, -0.05) is 35.5 Å². The van der Waals surface area contributed by atoms with E-state index in [0.29, 0.717) is 18.7 Å². The predicted molar refractivity (Wildman–Crippen MR) is 90.2 cm³/mol. The second kappa shape index (κ2) is 7.81. The van der Waals surface area contributed by atoms with Crippen LogP contribution in [0.15, 0.2) is 40.9 Å². The average molecular weight is 357 g/mol. The van der Waals surface area contributed by atoms with Crippen LogP contribution >= 0.6 is 0 Å². The number of carbonyl (C=O) groups excluding carboxylic acids is 3. The van der Waals surface area contributed by atoms with Crippen LogP contribution in [0.2, 0.25) is 0 Å². The highest BCUT2D eigenvalue weighted by atomic mass is 16.5. The Morgan fingerprint density at radius 3 is 2.85 bits per heavy atom. The second-order valence-electron chi connectivity index (χ2n) is 5.93. The van der Waals surface area contributed by atoms with Crippen molar-refractivity contribution < 1.29 is 23.6 Å². The van der Waals surface area contributed by atoms with E-state index in [1.54, 1.807) is 6.07 Å². The first-order valence-corrected chi connectivity index (χ1v) is 8.23. The minimum absolute atomic E-state index is 0.0421. The molecule has 26 heavy (non-hydrogen) atoms. The molecule has 1 aliphatic heterocycles. The minimum atomic E-state index is -0.925. The molecule has 0 radical (unpaired) electrons. The summed E-state index contributed by atoms with van der Waals surface area (Å²) in [7, 11) is 1.24. The number of methoxy groups -OCH3 is 1. The van der Waals surface area contributed by atoms with E-state index in [2.05, 4.69) is 15.2 Å². The maximum Gasteiger partial charge on any atom is 0.308 e. The number of carbonyl (C=O) groups is 3. The summed E-state index contributed by atoms with van der Waals surface area (Å²) in [6, 6.07) is 10.3. The molecule has 8 heteroatoms. The van der Waals surface area contributed by atoms with Crippen molar-refractivity contribution in [3.63, 3.8) is 0 Å². The molecule has 1 atom stereocenters. The van der Waals surface area contributed by atoms with Crippen LogP contribution in [0.25, 0.3) is 0 Å². The average Bonchev–Trinajstić information content (AvgIpc) is 3.12. The minimum Gasteiger partial charge on any atom is -0.469 e. The fourth-order valence-corrected chi connectivity index (χ4v) is 2.84. The number of benzene rings is 1. The SMILES string of the molecule is COC(=O)C[C@@H]1C(=O)NCCN1C(=O)c1cc(Cc2ccccc2)no1. The van der Waals surface area contributed by atoms with Gasteiger partial charge >= 0.3 is 5.97 Å². The molecule has 1 saturated heterocycles. The van der Waals surface area contributed by atoms with Gasteiger partial charge in [-0.15, -0.1) is 0 Å².